The van der Waals surface area contributed by atoms with Crippen molar-refractivity contribution in [1.82, 2.24) is 0 Å². The van der Waals surface area contributed by atoms with E-state index in [9.17, 15) is 0 Å². The smallest absolute Gasteiger partial charge is 0.152 e. The van der Waals surface area contributed by atoms with E-state index >= 15 is 0 Å². The molecule has 2 nitrogen and oxygen atoms in total. The van der Waals surface area contributed by atoms with Crippen LogP contribution >= 0.6 is 0 Å². The van der Waals surface area contributed by atoms with Gasteiger partial charge in [0.25, 0.3) is 0 Å². The number of allylic oxidation sites excluding steroid dienone is 2. The van der Waals surface area contributed by atoms with Gasteiger partial charge in [-0.15, -0.1) is 0 Å². The van der Waals surface area contributed by atoms with Gasteiger partial charge in [-0.3, -0.25) is 0 Å². The molecule has 1 atom stereocenters. The lowest BCUT2D eigenvalue weighted by Gasteiger charge is -2.11. The van der Waals surface area contributed by atoms with Gasteiger partial charge in [-0.05, 0) is 13.0 Å². The summed E-state index contributed by atoms with van der Waals surface area (Å²) in [7, 11) is 0. The third-order valence-electron chi connectivity index (χ3n) is 0.967. The molecule has 0 spiro atoms. The molecule has 0 bridgehead atoms. The molecule has 1 unspecified atom stereocenters. The molecule has 0 saturated carbocycles. The molecule has 1 radical (unpaired) electrons. The molecule has 0 aromatic rings. The zero-order valence-corrected chi connectivity index (χ0v) is 4.59. The van der Waals surface area contributed by atoms with E-state index in [2.05, 4.69) is 6.08 Å². The van der Waals surface area contributed by atoms with Crippen LogP contribution in [0.3, 0.4) is 0 Å². The Hall–Kier alpha value is -0.920. The summed E-state index contributed by atoms with van der Waals surface area (Å²) in [5, 5.41) is 8.81. The summed E-state index contributed by atoms with van der Waals surface area (Å²) >= 11 is 0. The monoisotopic (exact) mass is 111 g/mol. The highest BCUT2D eigenvalue weighted by Crippen LogP contribution is 2.06. The fourth-order valence-electron chi connectivity index (χ4n) is 0.458. The Morgan fingerprint density at radius 3 is 3.00 bits per heavy atom. The SMILES string of the molecule is CC1OC=C[C]=C1O. The van der Waals surface area contributed by atoms with Crippen LogP contribution in [-0.4, -0.2) is 11.2 Å². The number of aliphatic hydroxyl groups excluding tert-OH is 1. The largest absolute Gasteiger partial charge is 0.508 e. The second-order valence-electron chi connectivity index (χ2n) is 1.61. The molecule has 1 aliphatic heterocycles. The minimum Gasteiger partial charge on any atom is -0.508 e. The lowest BCUT2D eigenvalue weighted by Crippen LogP contribution is -2.09. The van der Waals surface area contributed by atoms with Crippen molar-refractivity contribution in [3.63, 3.8) is 0 Å². The summed E-state index contributed by atoms with van der Waals surface area (Å²) < 4.78 is 4.86. The molecule has 0 aromatic heterocycles. The second-order valence-corrected chi connectivity index (χ2v) is 1.61. The predicted octanol–water partition coefficient (Wildman–Crippen LogP) is 1.16. The molecule has 0 saturated heterocycles. The first-order valence-electron chi connectivity index (χ1n) is 2.43. The van der Waals surface area contributed by atoms with Gasteiger partial charge in [-0.25, -0.2) is 0 Å². The molecule has 1 aliphatic rings. The zero-order valence-electron chi connectivity index (χ0n) is 4.59. The van der Waals surface area contributed by atoms with Crippen molar-refractivity contribution in [3.05, 3.63) is 24.2 Å². The van der Waals surface area contributed by atoms with E-state index in [1.165, 1.54) is 12.3 Å². The van der Waals surface area contributed by atoms with Crippen LogP contribution in [0.2, 0.25) is 0 Å². The van der Waals surface area contributed by atoms with Crippen molar-refractivity contribution >= 4 is 0 Å². The van der Waals surface area contributed by atoms with Crippen LogP contribution in [-0.2, 0) is 4.74 Å². The first-order chi connectivity index (χ1) is 3.80. The van der Waals surface area contributed by atoms with Crippen LogP contribution in [0.4, 0.5) is 0 Å². The summed E-state index contributed by atoms with van der Waals surface area (Å²) in [4.78, 5) is 0. The minimum atomic E-state index is -0.222. The summed E-state index contributed by atoms with van der Waals surface area (Å²) in [5.41, 5.74) is 0. The van der Waals surface area contributed by atoms with Gasteiger partial charge in [-0.2, -0.15) is 0 Å². The Morgan fingerprint density at radius 2 is 2.62 bits per heavy atom. The topological polar surface area (TPSA) is 29.5 Å². The second kappa shape index (κ2) is 1.90. The number of rotatable bonds is 0. The lowest BCUT2D eigenvalue weighted by molar-refractivity contribution is 0.137. The molecule has 0 fully saturated rings. The molecule has 2 heteroatoms. The molecule has 43 valence electrons. The van der Waals surface area contributed by atoms with Crippen molar-refractivity contribution in [2.75, 3.05) is 0 Å². The van der Waals surface area contributed by atoms with Gasteiger partial charge in [0.2, 0.25) is 0 Å². The molecule has 1 rings (SSSR count). The fourth-order valence-corrected chi connectivity index (χ4v) is 0.458. The fraction of sp³-hybridized carbons (Fsp3) is 0.333. The molecule has 1 heterocycles. The molecular formula is C6H7O2. The van der Waals surface area contributed by atoms with E-state index in [4.69, 9.17) is 9.84 Å². The van der Waals surface area contributed by atoms with Crippen LogP contribution in [0.1, 0.15) is 6.92 Å². The number of hydrogen-bond acceptors (Lipinski definition) is 2. The van der Waals surface area contributed by atoms with Gasteiger partial charge in [-0.1, -0.05) is 0 Å². The highest BCUT2D eigenvalue weighted by atomic mass is 16.5. The summed E-state index contributed by atoms with van der Waals surface area (Å²) in [6, 6.07) is 0. The third-order valence-corrected chi connectivity index (χ3v) is 0.967. The standard InChI is InChI=1S/C6H7O2/c1-5-6(7)3-2-4-8-5/h2,4-5,7H,1H3. The van der Waals surface area contributed by atoms with Gasteiger partial charge >= 0.3 is 0 Å². The van der Waals surface area contributed by atoms with Gasteiger partial charge in [0.05, 0.1) is 6.26 Å². The van der Waals surface area contributed by atoms with E-state index in [-0.39, 0.29) is 11.9 Å². The van der Waals surface area contributed by atoms with E-state index in [0.717, 1.165) is 0 Å². The molecule has 1 N–H and O–H groups in total. The van der Waals surface area contributed by atoms with Gasteiger partial charge in [0, 0.05) is 6.08 Å². The highest BCUT2D eigenvalue weighted by Gasteiger charge is 2.07. The first-order valence-corrected chi connectivity index (χ1v) is 2.43. The quantitative estimate of drug-likeness (QED) is 0.508. The van der Waals surface area contributed by atoms with Gasteiger partial charge < -0.3 is 9.84 Å². The number of aliphatic hydroxyl groups is 1. The van der Waals surface area contributed by atoms with Crippen molar-refractivity contribution < 1.29 is 9.84 Å². The lowest BCUT2D eigenvalue weighted by atomic mass is 10.3. The maximum Gasteiger partial charge on any atom is 0.152 e. The van der Waals surface area contributed by atoms with E-state index in [0.29, 0.717) is 0 Å². The Bertz CT molecular complexity index is 135. The molecular weight excluding hydrogens is 104 g/mol. The molecule has 0 amide bonds. The third kappa shape index (κ3) is 0.832. The number of hydrogen-bond donors (Lipinski definition) is 1. The number of ether oxygens (including phenoxy) is 1. The van der Waals surface area contributed by atoms with Crippen LogP contribution in [0.15, 0.2) is 18.1 Å². The Balaban J connectivity index is 2.66. The minimum absolute atomic E-state index is 0.160. The van der Waals surface area contributed by atoms with Crippen LogP contribution in [0.5, 0.6) is 0 Å². The maximum atomic E-state index is 8.81. The van der Waals surface area contributed by atoms with E-state index in [1.54, 1.807) is 6.92 Å². The average Bonchev–Trinajstić information content (AvgIpc) is 1.77. The van der Waals surface area contributed by atoms with Crippen molar-refractivity contribution in [3.8, 4) is 0 Å². The van der Waals surface area contributed by atoms with Crippen molar-refractivity contribution in [2.45, 2.75) is 13.0 Å². The Kier molecular flexibility index (Phi) is 1.24. The Labute approximate surface area is 48.1 Å². The van der Waals surface area contributed by atoms with Gasteiger partial charge in [0.1, 0.15) is 5.76 Å². The average molecular weight is 111 g/mol. The summed E-state index contributed by atoms with van der Waals surface area (Å²) in [6.45, 7) is 1.76. The van der Waals surface area contributed by atoms with Crippen molar-refractivity contribution in [2.24, 2.45) is 0 Å². The van der Waals surface area contributed by atoms with Crippen molar-refractivity contribution in [1.29, 1.82) is 0 Å². The normalized spacial score (nSPS) is 26.6. The predicted molar refractivity (Wildman–Crippen MR) is 29.1 cm³/mol. The van der Waals surface area contributed by atoms with Crippen LogP contribution in [0, 0.1) is 6.08 Å². The van der Waals surface area contributed by atoms with Crippen LogP contribution in [0.25, 0.3) is 0 Å². The van der Waals surface area contributed by atoms with Crippen LogP contribution < -0.4 is 0 Å². The van der Waals surface area contributed by atoms with Gasteiger partial charge in [0.15, 0.2) is 6.10 Å². The maximum absolute atomic E-state index is 8.81. The Morgan fingerprint density at radius 1 is 1.88 bits per heavy atom. The van der Waals surface area contributed by atoms with E-state index in [1.807, 2.05) is 0 Å². The molecule has 0 aliphatic carbocycles. The molecule has 0 aromatic carbocycles. The summed E-state index contributed by atoms with van der Waals surface area (Å²) in [5.74, 6) is 0.160. The summed E-state index contributed by atoms with van der Waals surface area (Å²) in [6.07, 6.45) is 5.42. The first kappa shape index (κ1) is 5.22. The zero-order chi connectivity index (χ0) is 5.98. The van der Waals surface area contributed by atoms with E-state index < -0.39 is 0 Å². The highest BCUT2D eigenvalue weighted by molar-refractivity contribution is 5.05. The molecule has 8 heavy (non-hydrogen) atoms.